The van der Waals surface area contributed by atoms with Crippen molar-refractivity contribution in [2.75, 3.05) is 6.79 Å². The summed E-state index contributed by atoms with van der Waals surface area (Å²) >= 11 is 11.0. The van der Waals surface area contributed by atoms with Crippen LogP contribution in [-0.2, 0) is 6.61 Å². The van der Waals surface area contributed by atoms with E-state index in [0.717, 1.165) is 110 Å². The maximum atomic E-state index is 9.83. The first-order chi connectivity index (χ1) is 47.2. The van der Waals surface area contributed by atoms with Gasteiger partial charge in [0.2, 0.25) is 6.79 Å². The topological polar surface area (TPSA) is 114 Å². The molecule has 0 saturated heterocycles. The lowest BCUT2D eigenvalue weighted by molar-refractivity contribution is 0.174. The number of aliphatic hydroxyl groups is 1. The Morgan fingerprint density at radius 3 is 1.23 bits per heavy atom. The highest BCUT2D eigenvalue weighted by Gasteiger charge is 2.29. The third-order valence-corrected chi connectivity index (χ3v) is 23.9. The van der Waals surface area contributed by atoms with E-state index in [-0.39, 0.29) is 11.9 Å². The first kappa shape index (κ1) is 64.7. The number of thioether (sulfide) groups is 4. The second kappa shape index (κ2) is 30.6. The number of aliphatic imine (C=N–C) groups is 4. The lowest BCUT2D eigenvalue weighted by Gasteiger charge is -2.19. The fraction of sp³-hybridized carbons (Fsp3) is 0.160. The van der Waals surface area contributed by atoms with Gasteiger partial charge >= 0.3 is 0 Å². The number of fused-ring (bicyclic) bond motifs is 5. The molecule has 5 aliphatic rings. The summed E-state index contributed by atoms with van der Waals surface area (Å²) in [4.78, 5) is 27.1. The van der Waals surface area contributed by atoms with Gasteiger partial charge < -0.3 is 23.4 Å². The van der Waals surface area contributed by atoms with Gasteiger partial charge in [0, 0.05) is 76.0 Å². The molecule has 0 fully saturated rings. The number of furan rings is 2. The molecule has 1 N–H and O–H groups in total. The van der Waals surface area contributed by atoms with E-state index in [1.165, 1.54) is 58.0 Å². The van der Waals surface area contributed by atoms with Crippen LogP contribution in [0.1, 0.15) is 112 Å². The number of hydrogen-bond donors (Lipinski definition) is 1. The first-order valence-corrected chi connectivity index (χ1v) is 37.2. The molecule has 0 spiro atoms. The molecular weight excluding hydrogens is 1300 g/mol. The van der Waals surface area contributed by atoms with E-state index in [4.69, 9.17) is 38.3 Å². The summed E-state index contributed by atoms with van der Waals surface area (Å²) in [6, 6.07) is 79.9. The normalized spacial score (nSPS) is 17.5. The van der Waals surface area contributed by atoms with Crippen molar-refractivity contribution in [1.82, 2.24) is 0 Å². The zero-order valence-corrected chi connectivity index (χ0v) is 58.0. The molecule has 0 radical (unpaired) electrons. The predicted octanol–water partition coefficient (Wildman–Crippen LogP) is 23.6. The minimum atomic E-state index is 0.0446. The van der Waals surface area contributed by atoms with Crippen molar-refractivity contribution >= 4 is 115 Å². The van der Waals surface area contributed by atoms with Crippen molar-refractivity contribution in [3.8, 4) is 11.5 Å². The molecule has 0 bridgehead atoms. The van der Waals surface area contributed by atoms with Gasteiger partial charge in [-0.3, -0.25) is 9.98 Å². The molecule has 0 amide bonds. The number of hydrogen-bond acceptors (Lipinski definition) is 15. The Bertz CT molecular complexity index is 4590. The summed E-state index contributed by atoms with van der Waals surface area (Å²) < 4.78 is 22.2. The summed E-state index contributed by atoms with van der Waals surface area (Å²) in [5, 5.41) is 15.3. The molecule has 8 aromatic carbocycles. The molecule has 9 heterocycles. The molecule has 0 aliphatic carbocycles. The average Bonchev–Trinajstić information content (AvgIpc) is 1.73. The van der Waals surface area contributed by atoms with Crippen LogP contribution < -0.4 is 9.47 Å². The zero-order valence-electron chi connectivity index (χ0n) is 53.1. The van der Waals surface area contributed by atoms with Gasteiger partial charge in [-0.05, 0) is 156 Å². The summed E-state index contributed by atoms with van der Waals surface area (Å²) in [5.41, 5.74) is 18.3. The van der Waals surface area contributed by atoms with E-state index in [2.05, 4.69) is 201 Å². The molecule has 5 aliphatic heterocycles. The Balaban J connectivity index is 0.000000110. The fourth-order valence-corrected chi connectivity index (χ4v) is 18.3. The van der Waals surface area contributed by atoms with Crippen molar-refractivity contribution in [1.29, 1.82) is 0 Å². The van der Waals surface area contributed by atoms with Crippen molar-refractivity contribution < 1.29 is 23.4 Å². The van der Waals surface area contributed by atoms with Gasteiger partial charge in [0.25, 0.3) is 0 Å². The van der Waals surface area contributed by atoms with Crippen LogP contribution in [0.4, 0.5) is 22.7 Å². The average molecular weight is 1370 g/mol. The monoisotopic (exact) mass is 1370 g/mol. The number of aryl methyl sites for hydroxylation is 3. The molecule has 4 atom stereocenters. The van der Waals surface area contributed by atoms with Crippen molar-refractivity contribution in [3.63, 3.8) is 0 Å². The van der Waals surface area contributed by atoms with E-state index < -0.39 is 0 Å². The van der Waals surface area contributed by atoms with Crippen LogP contribution in [-0.4, -0.2) is 34.7 Å². The summed E-state index contributed by atoms with van der Waals surface area (Å²) in [6.07, 6.45) is 6.85. The van der Waals surface area contributed by atoms with E-state index in [1.54, 1.807) is 47.0 Å². The standard InChI is InChI=1S/C21H19NO2S.C20H15NO2S2.C20H17NOS.C20H17NS2/c1-14-8-9-16(15(11-14)13-23)21-12-18(19-6-4-10-24-19)22-17-5-2-3-7-20(17)25-21;1-2-5-19-14(4-1)21-15(18-6-3-9-24-18)11-20(25-19)13-7-8-16-17(10-13)23-12-22-16;1-14-8-10-15(11-9-14)20-13-17(18-6-4-12-22-18)21-16-5-2-3-7-19(16)23-20;1-14-8-10-15(11-9-14)20-13-17(18-7-4-12-22-18)21-16-5-2-3-6-19(16)23-20/h2-11,21,23H,12-13H2,1H3;1-10,20H,11-12H2;2*2-12,20H,13H2,1H3. The number of benzene rings is 8. The van der Waals surface area contributed by atoms with E-state index in [0.29, 0.717) is 22.5 Å². The Hall–Kier alpha value is -8.64. The van der Waals surface area contributed by atoms with Crippen molar-refractivity contribution in [3.05, 3.63) is 320 Å². The Morgan fingerprint density at radius 2 is 0.781 bits per heavy atom. The van der Waals surface area contributed by atoms with Crippen LogP contribution in [0.15, 0.2) is 302 Å². The largest absolute Gasteiger partial charge is 0.463 e. The summed E-state index contributed by atoms with van der Waals surface area (Å²) in [7, 11) is 0. The predicted molar refractivity (Wildman–Crippen MR) is 401 cm³/mol. The van der Waals surface area contributed by atoms with E-state index in [9.17, 15) is 5.11 Å². The van der Waals surface area contributed by atoms with Crippen molar-refractivity contribution in [2.24, 2.45) is 20.0 Å². The number of thiophene rings is 2. The molecule has 12 aromatic rings. The number of para-hydroxylation sites is 4. The third-order valence-electron chi connectivity index (χ3n) is 16.8. The molecule has 96 heavy (non-hydrogen) atoms. The highest BCUT2D eigenvalue weighted by Crippen LogP contribution is 2.51. The van der Waals surface area contributed by atoms with Crippen LogP contribution in [0.2, 0.25) is 0 Å². The number of nitrogens with zero attached hydrogens (tertiary/aromatic N) is 4. The third kappa shape index (κ3) is 15.6. The Kier molecular flexibility index (Phi) is 20.6. The highest BCUT2D eigenvalue weighted by atomic mass is 32.2. The van der Waals surface area contributed by atoms with Gasteiger partial charge in [-0.2, -0.15) is 0 Å². The van der Waals surface area contributed by atoms with Crippen LogP contribution in [0.3, 0.4) is 0 Å². The molecule has 15 heteroatoms. The Labute approximate surface area is 585 Å². The SMILES string of the molecule is Cc1ccc(C2CC(c3ccco3)=Nc3ccccc3S2)c(CO)c1.Cc1ccc(C2CC(c3ccco3)=Nc3ccccc3S2)cc1.Cc1ccc(C2CC(c3cccs3)=Nc3ccccc3S2)cc1.c1csc(C2=Nc3ccccc3SC(c3ccc4c(c3)OCO4)C2)c1. The van der Waals surface area contributed by atoms with Gasteiger partial charge in [0.1, 0.15) is 11.5 Å². The van der Waals surface area contributed by atoms with E-state index >= 15 is 0 Å². The van der Waals surface area contributed by atoms with Crippen LogP contribution in [0.25, 0.3) is 0 Å². The molecule has 4 aromatic heterocycles. The maximum absolute atomic E-state index is 9.83. The van der Waals surface area contributed by atoms with Gasteiger partial charge in [0.15, 0.2) is 11.5 Å². The van der Waals surface area contributed by atoms with Crippen LogP contribution >= 0.6 is 69.7 Å². The number of aliphatic hydroxyl groups excluding tert-OH is 1. The number of ether oxygens (including phenoxy) is 2. The van der Waals surface area contributed by atoms with Gasteiger partial charge in [0.05, 0.1) is 64.7 Å². The number of rotatable bonds is 9. The maximum Gasteiger partial charge on any atom is 0.231 e. The van der Waals surface area contributed by atoms with Crippen LogP contribution in [0.5, 0.6) is 11.5 Å². The highest BCUT2D eigenvalue weighted by molar-refractivity contribution is 8.00. The molecule has 4 unspecified atom stereocenters. The Morgan fingerprint density at radius 1 is 0.375 bits per heavy atom. The lowest BCUT2D eigenvalue weighted by atomic mass is 9.98. The second-order valence-electron chi connectivity index (χ2n) is 23.6. The van der Waals surface area contributed by atoms with Gasteiger partial charge in [-0.25, -0.2) is 9.98 Å². The van der Waals surface area contributed by atoms with Gasteiger partial charge in [-0.15, -0.1) is 69.7 Å². The van der Waals surface area contributed by atoms with Crippen LogP contribution in [0, 0.1) is 20.8 Å². The minimum Gasteiger partial charge on any atom is -0.463 e. The lowest BCUT2D eigenvalue weighted by Crippen LogP contribution is -2.07. The molecular formula is C81H68N4O5S6. The summed E-state index contributed by atoms with van der Waals surface area (Å²) in [6.45, 7) is 6.66. The van der Waals surface area contributed by atoms with Crippen molar-refractivity contribution in [2.45, 2.75) is 93.6 Å². The van der Waals surface area contributed by atoms with Gasteiger partial charge in [-0.1, -0.05) is 150 Å². The molecule has 9 nitrogen and oxygen atoms in total. The molecule has 478 valence electrons. The van der Waals surface area contributed by atoms with E-state index in [1.807, 2.05) is 96.8 Å². The zero-order chi connectivity index (χ0) is 65.2. The fourth-order valence-electron chi connectivity index (χ4n) is 11.8. The molecule has 17 rings (SSSR count). The smallest absolute Gasteiger partial charge is 0.231 e. The molecule has 0 saturated carbocycles. The first-order valence-electron chi connectivity index (χ1n) is 31.9. The quantitative estimate of drug-likeness (QED) is 0.151. The summed E-state index contributed by atoms with van der Waals surface area (Å²) in [5.74, 6) is 3.33. The second-order valence-corrected chi connectivity index (χ2v) is 30.4. The minimum absolute atomic E-state index is 0.0446.